The number of hydrogen-bond donors (Lipinski definition) is 1. The molecular weight excluding hydrogens is 407 g/mol. The smallest absolute Gasteiger partial charge is 0.179 e. The molecule has 0 N–H and O–H groups in total. The van der Waals surface area contributed by atoms with Crippen molar-refractivity contribution in [1.29, 1.82) is 0 Å². The topological polar surface area (TPSA) is 22.1 Å². The molecule has 0 aliphatic rings. The molecule has 0 aromatic heterocycles. The van der Waals surface area contributed by atoms with Gasteiger partial charge in [0.25, 0.3) is 0 Å². The Balaban J connectivity index is 8.15. The minimum Gasteiger partial charge on any atom is -0.251 e. The maximum atomic E-state index is 5.03. The van der Waals surface area contributed by atoms with Crippen LogP contribution in [-0.2, 0) is 0 Å². The molecule has 0 rings (SSSR count). The minimum atomic E-state index is -2.31. The van der Waals surface area contributed by atoms with Crippen molar-refractivity contribution in [2.24, 2.45) is 39.7 Å². The van der Waals surface area contributed by atoms with E-state index in [0.717, 1.165) is 0 Å². The lowest BCUT2D eigenvalue weighted by atomic mass is 9.62. The first kappa shape index (κ1) is 30.5. The molecule has 0 aliphatic carbocycles. The number of rotatable bonds is 11. The Labute approximate surface area is 196 Å². The van der Waals surface area contributed by atoms with E-state index in [1.54, 1.807) is 0 Å². The molecule has 0 atom stereocenters. The summed E-state index contributed by atoms with van der Waals surface area (Å²) < 4.78 is 12.7. The van der Waals surface area contributed by atoms with Gasteiger partial charge in [0.2, 0.25) is 0 Å². The highest BCUT2D eigenvalue weighted by molar-refractivity contribution is 7.84. The Morgan fingerprint density at radius 3 is 0.833 bits per heavy atom. The van der Waals surface area contributed by atoms with Gasteiger partial charge in [0, 0.05) is 11.1 Å². The Bertz CT molecular complexity index is 492. The fourth-order valence-corrected chi connectivity index (χ4v) is 12.5. The van der Waals surface area contributed by atoms with Crippen molar-refractivity contribution in [2.75, 3.05) is 28.2 Å². The summed E-state index contributed by atoms with van der Waals surface area (Å²) in [6, 6.07) is 0. The maximum Gasteiger partial charge on any atom is 0.179 e. The highest BCUT2D eigenvalue weighted by atomic mass is 32.1. The van der Waals surface area contributed by atoms with E-state index in [0.29, 0.717) is 35.5 Å². The Kier molecular flexibility index (Phi) is 11.2. The normalized spacial score (nSPS) is 14.9. The van der Waals surface area contributed by atoms with Gasteiger partial charge in [-0.3, -0.25) is 9.34 Å². The monoisotopic (exact) mass is 462 g/mol. The summed E-state index contributed by atoms with van der Waals surface area (Å²) in [4.78, 5) is 0. The fraction of sp³-hybridized carbons (Fsp3) is 1.00. The van der Waals surface area contributed by atoms with Gasteiger partial charge in [0.1, 0.15) is 0 Å². The molecule has 0 amide bonds. The molecule has 0 spiro atoms. The number of nitrogens with zero attached hydrogens (tertiary/aromatic N) is 4. The third-order valence-corrected chi connectivity index (χ3v) is 12.1. The van der Waals surface area contributed by atoms with E-state index in [9.17, 15) is 0 Å². The van der Waals surface area contributed by atoms with Crippen LogP contribution in [0.2, 0.25) is 0 Å². The molecular formula is C24H55N4PS. The highest BCUT2D eigenvalue weighted by Crippen LogP contribution is 2.69. The first-order valence-electron chi connectivity index (χ1n) is 11.9. The quantitative estimate of drug-likeness (QED) is 0.252. The lowest BCUT2D eigenvalue weighted by Gasteiger charge is -2.68. The molecule has 0 radical (unpaired) electrons. The Morgan fingerprint density at radius 2 is 0.733 bits per heavy atom. The van der Waals surface area contributed by atoms with E-state index < -0.39 is 7.51 Å². The third-order valence-electron chi connectivity index (χ3n) is 7.74. The van der Waals surface area contributed by atoms with Crippen LogP contribution < -0.4 is 0 Å². The molecule has 0 saturated carbocycles. The molecule has 30 heavy (non-hydrogen) atoms. The van der Waals surface area contributed by atoms with Crippen LogP contribution in [-0.4, -0.2) is 53.3 Å². The SMILES string of the molecule is CC(C)C(C(C)C)(C(C)C)N(C(C(C)C)(C(C)C)C(C)C)P(=NS)(N(C)C)N(C)C. The molecule has 6 heteroatoms. The number of hydrogen-bond acceptors (Lipinski definition) is 1. The van der Waals surface area contributed by atoms with E-state index in [-0.39, 0.29) is 11.1 Å². The molecule has 0 heterocycles. The van der Waals surface area contributed by atoms with Crippen LogP contribution in [0.5, 0.6) is 0 Å². The van der Waals surface area contributed by atoms with Gasteiger partial charge in [0.15, 0.2) is 7.51 Å². The lowest BCUT2D eigenvalue weighted by molar-refractivity contribution is -0.103. The van der Waals surface area contributed by atoms with Crippen molar-refractivity contribution in [2.45, 2.75) is 94.2 Å². The molecule has 0 aromatic carbocycles. The van der Waals surface area contributed by atoms with Crippen molar-refractivity contribution in [3.05, 3.63) is 0 Å². The minimum absolute atomic E-state index is 0.0483. The van der Waals surface area contributed by atoms with Crippen LogP contribution in [0.15, 0.2) is 4.15 Å². The third kappa shape index (κ3) is 4.45. The predicted molar refractivity (Wildman–Crippen MR) is 142 cm³/mol. The van der Waals surface area contributed by atoms with Crippen LogP contribution >= 0.6 is 20.3 Å². The molecule has 0 saturated heterocycles. The van der Waals surface area contributed by atoms with E-state index >= 15 is 0 Å². The second-order valence-corrected chi connectivity index (χ2v) is 15.1. The van der Waals surface area contributed by atoms with Gasteiger partial charge in [-0.25, -0.2) is 4.67 Å². The number of thiol groups is 1. The second kappa shape index (κ2) is 11.1. The second-order valence-electron chi connectivity index (χ2n) is 11.3. The molecule has 0 bridgehead atoms. The van der Waals surface area contributed by atoms with Crippen molar-refractivity contribution >= 4 is 20.3 Å². The van der Waals surface area contributed by atoms with E-state index in [1.807, 2.05) is 0 Å². The fourth-order valence-electron chi connectivity index (χ4n) is 7.18. The standard InChI is InChI=1S/C24H55N4PS/c1-17(2)23(18(3)4,19(5)6)28(29(25-30,26(13)14)27(15)16)24(20(7)8,21(9)10)22(11)12/h17-22,30H,1-16H3. The van der Waals surface area contributed by atoms with Gasteiger partial charge in [-0.2, -0.15) is 4.15 Å². The van der Waals surface area contributed by atoms with Crippen LogP contribution in [0.25, 0.3) is 0 Å². The average Bonchev–Trinajstić information content (AvgIpc) is 2.53. The molecule has 4 nitrogen and oxygen atoms in total. The van der Waals surface area contributed by atoms with E-state index in [2.05, 4.69) is 125 Å². The maximum absolute atomic E-state index is 5.03. The van der Waals surface area contributed by atoms with Crippen LogP contribution in [0.3, 0.4) is 0 Å². The zero-order valence-electron chi connectivity index (χ0n) is 23.1. The molecule has 182 valence electrons. The van der Waals surface area contributed by atoms with E-state index in [1.165, 1.54) is 0 Å². The first-order valence-corrected chi connectivity index (χ1v) is 13.9. The summed E-state index contributed by atoms with van der Waals surface area (Å²) >= 11 is 4.74. The summed E-state index contributed by atoms with van der Waals surface area (Å²) in [6.45, 7) is 29.0. The Morgan fingerprint density at radius 1 is 0.533 bits per heavy atom. The van der Waals surface area contributed by atoms with Crippen molar-refractivity contribution in [3.8, 4) is 0 Å². The van der Waals surface area contributed by atoms with Crippen molar-refractivity contribution < 1.29 is 0 Å². The molecule has 0 aliphatic heterocycles. The summed E-state index contributed by atoms with van der Waals surface area (Å²) in [7, 11) is 6.46. The Hall–Kier alpha value is 0.460. The highest BCUT2D eigenvalue weighted by Gasteiger charge is 2.62. The zero-order valence-corrected chi connectivity index (χ0v) is 24.9. The van der Waals surface area contributed by atoms with Crippen molar-refractivity contribution in [1.82, 2.24) is 14.0 Å². The summed E-state index contributed by atoms with van der Waals surface area (Å²) in [5, 5.41) is 0. The van der Waals surface area contributed by atoms with Crippen LogP contribution in [0, 0.1) is 35.5 Å². The first-order chi connectivity index (χ1) is 13.5. The molecule has 0 aromatic rings. The van der Waals surface area contributed by atoms with E-state index in [4.69, 9.17) is 17.0 Å². The summed E-state index contributed by atoms with van der Waals surface area (Å²) in [5.74, 6) is 2.76. The zero-order chi connectivity index (χ0) is 24.4. The summed E-state index contributed by atoms with van der Waals surface area (Å²) in [5.41, 5.74) is -0.0965. The van der Waals surface area contributed by atoms with Gasteiger partial charge in [-0.15, -0.1) is 0 Å². The van der Waals surface area contributed by atoms with Gasteiger partial charge in [-0.1, -0.05) is 83.1 Å². The lowest BCUT2D eigenvalue weighted by Crippen LogP contribution is -2.72. The van der Waals surface area contributed by atoms with Crippen LogP contribution in [0.1, 0.15) is 83.1 Å². The van der Waals surface area contributed by atoms with Crippen LogP contribution in [0.4, 0.5) is 0 Å². The van der Waals surface area contributed by atoms with Gasteiger partial charge in [-0.05, 0) is 76.5 Å². The van der Waals surface area contributed by atoms with Crippen molar-refractivity contribution in [3.63, 3.8) is 0 Å². The summed E-state index contributed by atoms with van der Waals surface area (Å²) in [6.07, 6.45) is 0. The van der Waals surface area contributed by atoms with Gasteiger partial charge < -0.3 is 0 Å². The molecule has 0 unspecified atom stereocenters. The largest absolute Gasteiger partial charge is 0.251 e. The predicted octanol–water partition coefficient (Wildman–Crippen LogP) is 7.62. The van der Waals surface area contributed by atoms with Gasteiger partial charge >= 0.3 is 0 Å². The molecule has 0 fully saturated rings. The van der Waals surface area contributed by atoms with Gasteiger partial charge in [0.05, 0.1) is 0 Å². The average molecular weight is 463 g/mol.